The van der Waals surface area contributed by atoms with E-state index >= 15 is 0 Å². The van der Waals surface area contributed by atoms with Gasteiger partial charge >= 0.3 is 12.4 Å². The fourth-order valence-corrected chi connectivity index (χ4v) is 1.42. The van der Waals surface area contributed by atoms with Crippen molar-refractivity contribution in [3.05, 3.63) is 24.3 Å². The number of methoxy groups -OCH3 is 1. The first-order valence-electron chi connectivity index (χ1n) is 5.54. The number of halogens is 3. The van der Waals surface area contributed by atoms with Crippen molar-refractivity contribution < 1.29 is 22.6 Å². The lowest BCUT2D eigenvalue weighted by Gasteiger charge is -2.11. The van der Waals surface area contributed by atoms with Gasteiger partial charge in [0.15, 0.2) is 0 Å². The van der Waals surface area contributed by atoms with Crippen molar-refractivity contribution in [2.45, 2.75) is 6.36 Å². The number of rotatable bonds is 4. The highest BCUT2D eigenvalue weighted by atomic mass is 19.4. The lowest BCUT2D eigenvalue weighted by molar-refractivity contribution is -0.274. The Labute approximate surface area is 116 Å². The second-order valence-corrected chi connectivity index (χ2v) is 3.70. The fraction of sp³-hybridized carbons (Fsp3) is 0.182. The van der Waals surface area contributed by atoms with E-state index < -0.39 is 6.36 Å². The normalized spacial score (nSPS) is 11.0. The molecule has 2 rings (SSSR count). The summed E-state index contributed by atoms with van der Waals surface area (Å²) in [5.41, 5.74) is 5.73. The highest BCUT2D eigenvalue weighted by Crippen LogP contribution is 2.26. The largest absolute Gasteiger partial charge is 0.573 e. The molecule has 0 spiro atoms. The van der Waals surface area contributed by atoms with Crippen molar-refractivity contribution in [2.24, 2.45) is 0 Å². The number of nitrogens with one attached hydrogen (secondary N) is 1. The van der Waals surface area contributed by atoms with Gasteiger partial charge in [0.25, 0.3) is 0 Å². The molecule has 21 heavy (non-hydrogen) atoms. The molecule has 2 aromatic rings. The summed E-state index contributed by atoms with van der Waals surface area (Å²) in [6, 6.07) is 5.18. The molecule has 10 heteroatoms. The molecule has 112 valence electrons. The predicted molar refractivity (Wildman–Crippen MR) is 67.2 cm³/mol. The number of hydrogen-bond donors (Lipinski definition) is 2. The molecular formula is C11H10F3N5O2. The zero-order valence-electron chi connectivity index (χ0n) is 10.7. The first-order valence-corrected chi connectivity index (χ1v) is 5.54. The van der Waals surface area contributed by atoms with Crippen LogP contribution in [0, 0.1) is 0 Å². The van der Waals surface area contributed by atoms with Crippen LogP contribution in [0.1, 0.15) is 0 Å². The summed E-state index contributed by atoms with van der Waals surface area (Å²) in [6.07, 6.45) is -4.76. The van der Waals surface area contributed by atoms with Crippen molar-refractivity contribution in [2.75, 3.05) is 18.2 Å². The molecule has 1 aromatic heterocycles. The highest BCUT2D eigenvalue weighted by Gasteiger charge is 2.31. The molecule has 3 N–H and O–H groups in total. The van der Waals surface area contributed by atoms with Gasteiger partial charge in [0, 0.05) is 11.8 Å². The summed E-state index contributed by atoms with van der Waals surface area (Å²) in [4.78, 5) is 11.3. The van der Waals surface area contributed by atoms with Gasteiger partial charge in [-0.25, -0.2) is 0 Å². The number of nitrogens with two attached hydrogens (primary N) is 1. The third kappa shape index (κ3) is 4.37. The van der Waals surface area contributed by atoms with E-state index in [0.29, 0.717) is 0 Å². The first kappa shape index (κ1) is 14.6. The SMILES string of the molecule is COc1nc(N)nc(Nc2cccc(OC(F)(F)F)c2)n1. The quantitative estimate of drug-likeness (QED) is 0.892. The van der Waals surface area contributed by atoms with Crippen LogP contribution in [0.5, 0.6) is 11.8 Å². The number of nitrogen functional groups attached to an aromatic ring is 1. The second-order valence-electron chi connectivity index (χ2n) is 3.70. The molecule has 0 amide bonds. The Hall–Kier alpha value is -2.78. The van der Waals surface area contributed by atoms with E-state index in [-0.39, 0.29) is 29.3 Å². The zero-order valence-corrected chi connectivity index (χ0v) is 10.7. The van der Waals surface area contributed by atoms with Gasteiger partial charge in [0.1, 0.15) is 5.75 Å². The average Bonchev–Trinajstić information content (AvgIpc) is 2.36. The molecule has 0 aliphatic carbocycles. The van der Waals surface area contributed by atoms with Crippen molar-refractivity contribution in [1.29, 1.82) is 0 Å². The summed E-state index contributed by atoms with van der Waals surface area (Å²) in [5, 5.41) is 2.68. The molecule has 0 unspecified atom stereocenters. The third-order valence-corrected chi connectivity index (χ3v) is 2.14. The maximum absolute atomic E-state index is 12.1. The number of alkyl halides is 3. The maximum atomic E-state index is 12.1. The topological polar surface area (TPSA) is 95.2 Å². The van der Waals surface area contributed by atoms with Gasteiger partial charge in [0.2, 0.25) is 11.9 Å². The standard InChI is InChI=1S/C11H10F3N5O2/c1-20-10-18-8(15)17-9(19-10)16-6-3-2-4-7(5-6)21-11(12,13)14/h2-5H,1H3,(H3,15,16,17,18,19). The van der Waals surface area contributed by atoms with Gasteiger partial charge in [-0.1, -0.05) is 6.07 Å². The van der Waals surface area contributed by atoms with Crippen molar-refractivity contribution in [3.8, 4) is 11.8 Å². The summed E-state index contributed by atoms with van der Waals surface area (Å²) in [6.45, 7) is 0. The summed E-state index contributed by atoms with van der Waals surface area (Å²) in [7, 11) is 1.34. The van der Waals surface area contributed by atoms with Crippen molar-refractivity contribution >= 4 is 17.6 Å². The molecule has 0 fully saturated rings. The number of nitrogens with zero attached hydrogens (tertiary/aromatic N) is 3. The number of ether oxygens (including phenoxy) is 2. The predicted octanol–water partition coefficient (Wildman–Crippen LogP) is 2.10. The molecule has 7 nitrogen and oxygen atoms in total. The third-order valence-electron chi connectivity index (χ3n) is 2.14. The lowest BCUT2D eigenvalue weighted by Crippen LogP contribution is -2.17. The summed E-state index contributed by atoms with van der Waals surface area (Å²) < 4.78 is 45.0. The van der Waals surface area contributed by atoms with Gasteiger partial charge < -0.3 is 20.5 Å². The van der Waals surface area contributed by atoms with E-state index in [1.54, 1.807) is 0 Å². The fourth-order valence-electron chi connectivity index (χ4n) is 1.42. The van der Waals surface area contributed by atoms with E-state index in [1.165, 1.54) is 25.3 Å². The van der Waals surface area contributed by atoms with Crippen LogP contribution in [0.4, 0.5) is 30.8 Å². The number of anilines is 3. The monoisotopic (exact) mass is 301 g/mol. The van der Waals surface area contributed by atoms with Crippen LogP contribution in [-0.4, -0.2) is 28.4 Å². The molecule has 0 saturated heterocycles. The molecule has 0 aliphatic rings. The van der Waals surface area contributed by atoms with Gasteiger partial charge in [0.05, 0.1) is 7.11 Å². The maximum Gasteiger partial charge on any atom is 0.573 e. The Balaban J connectivity index is 2.20. The van der Waals surface area contributed by atoms with Gasteiger partial charge in [-0.2, -0.15) is 15.0 Å². The summed E-state index contributed by atoms with van der Waals surface area (Å²) in [5.74, 6) is -0.433. The van der Waals surface area contributed by atoms with Crippen LogP contribution in [0.2, 0.25) is 0 Å². The molecule has 1 aromatic carbocycles. The number of aromatic nitrogens is 3. The smallest absolute Gasteiger partial charge is 0.467 e. The Morgan fingerprint density at radius 2 is 1.95 bits per heavy atom. The first-order chi connectivity index (χ1) is 9.85. The van der Waals surface area contributed by atoms with E-state index in [9.17, 15) is 13.2 Å². The van der Waals surface area contributed by atoms with Crippen LogP contribution in [0.25, 0.3) is 0 Å². The van der Waals surface area contributed by atoms with E-state index in [0.717, 1.165) is 6.07 Å². The zero-order chi connectivity index (χ0) is 15.5. The second kappa shape index (κ2) is 5.69. The highest BCUT2D eigenvalue weighted by molar-refractivity contribution is 5.56. The molecule has 0 saturated carbocycles. The minimum atomic E-state index is -4.76. The van der Waals surface area contributed by atoms with Gasteiger partial charge in [-0.15, -0.1) is 13.2 Å². The molecule has 0 aliphatic heterocycles. The minimum Gasteiger partial charge on any atom is -0.467 e. The Kier molecular flexibility index (Phi) is 3.96. The summed E-state index contributed by atoms with van der Waals surface area (Å²) >= 11 is 0. The average molecular weight is 301 g/mol. The lowest BCUT2D eigenvalue weighted by atomic mass is 10.3. The molecule has 0 radical (unpaired) electrons. The van der Waals surface area contributed by atoms with E-state index in [1.807, 2.05) is 0 Å². The van der Waals surface area contributed by atoms with Crippen LogP contribution in [-0.2, 0) is 0 Å². The Morgan fingerprint density at radius 3 is 2.62 bits per heavy atom. The van der Waals surface area contributed by atoms with Gasteiger partial charge in [-0.3, -0.25) is 0 Å². The van der Waals surface area contributed by atoms with Crippen molar-refractivity contribution in [1.82, 2.24) is 15.0 Å². The molecular weight excluding hydrogens is 291 g/mol. The Bertz CT molecular complexity index is 635. The van der Waals surface area contributed by atoms with Crippen LogP contribution in [0.3, 0.4) is 0 Å². The molecule has 0 bridgehead atoms. The van der Waals surface area contributed by atoms with Crippen LogP contribution < -0.4 is 20.5 Å². The van der Waals surface area contributed by atoms with Gasteiger partial charge in [-0.05, 0) is 12.1 Å². The van der Waals surface area contributed by atoms with Crippen LogP contribution in [0.15, 0.2) is 24.3 Å². The minimum absolute atomic E-state index is 0.0207. The Morgan fingerprint density at radius 1 is 1.19 bits per heavy atom. The van der Waals surface area contributed by atoms with Crippen molar-refractivity contribution in [3.63, 3.8) is 0 Å². The van der Waals surface area contributed by atoms with E-state index in [2.05, 4.69) is 25.0 Å². The van der Waals surface area contributed by atoms with Crippen LogP contribution >= 0.6 is 0 Å². The molecule has 0 atom stereocenters. The number of benzene rings is 1. The van der Waals surface area contributed by atoms with E-state index in [4.69, 9.17) is 10.5 Å². The number of hydrogen-bond acceptors (Lipinski definition) is 7. The molecule has 1 heterocycles.